The lowest BCUT2D eigenvalue weighted by molar-refractivity contribution is -0.135. The summed E-state index contributed by atoms with van der Waals surface area (Å²) in [5.74, 6) is -0.0298. The van der Waals surface area contributed by atoms with Gasteiger partial charge in [-0.05, 0) is 18.4 Å². The number of carbonyl (C=O) groups is 3. The van der Waals surface area contributed by atoms with Crippen LogP contribution >= 0.6 is 0 Å². The van der Waals surface area contributed by atoms with Gasteiger partial charge in [-0.15, -0.1) is 0 Å². The zero-order valence-electron chi connectivity index (χ0n) is 15.7. The molecule has 1 unspecified atom stereocenters. The maximum atomic E-state index is 12.8. The molecule has 146 valence electrons. The maximum Gasteiger partial charge on any atom is 0.325 e. The van der Waals surface area contributed by atoms with Gasteiger partial charge < -0.3 is 15.2 Å². The van der Waals surface area contributed by atoms with Crippen molar-refractivity contribution < 1.29 is 14.4 Å². The van der Waals surface area contributed by atoms with E-state index >= 15 is 0 Å². The largest absolute Gasteiger partial charge is 0.341 e. The highest BCUT2D eigenvalue weighted by molar-refractivity contribution is 6.09. The molecule has 1 spiro atoms. The lowest BCUT2D eigenvalue weighted by Crippen LogP contribution is -2.45. The van der Waals surface area contributed by atoms with Crippen LogP contribution in [-0.2, 0) is 16.6 Å². The Morgan fingerprint density at radius 1 is 1.25 bits per heavy atom. The summed E-state index contributed by atoms with van der Waals surface area (Å²) in [6.07, 6.45) is 6.55. The summed E-state index contributed by atoms with van der Waals surface area (Å²) in [6.45, 7) is -0.305. The number of aromatic nitrogens is 2. The zero-order valence-corrected chi connectivity index (χ0v) is 15.7. The first-order valence-corrected chi connectivity index (χ1v) is 9.46. The van der Waals surface area contributed by atoms with E-state index in [0.29, 0.717) is 18.7 Å². The summed E-state index contributed by atoms with van der Waals surface area (Å²) in [5, 5.41) is 5.72. The van der Waals surface area contributed by atoms with Crippen molar-refractivity contribution in [3.8, 4) is 0 Å². The third-order valence-corrected chi connectivity index (χ3v) is 5.56. The Bertz CT molecular complexity index is 902. The Morgan fingerprint density at radius 2 is 1.96 bits per heavy atom. The summed E-state index contributed by atoms with van der Waals surface area (Å²) >= 11 is 0. The van der Waals surface area contributed by atoms with Gasteiger partial charge in [0.15, 0.2) is 0 Å². The molecule has 1 aliphatic carbocycles. The quantitative estimate of drug-likeness (QED) is 0.767. The van der Waals surface area contributed by atoms with E-state index in [-0.39, 0.29) is 12.5 Å². The lowest BCUT2D eigenvalue weighted by atomic mass is 9.98. The number of aryl methyl sites for hydroxylation is 1. The predicted octanol–water partition coefficient (Wildman–Crippen LogP) is 1.49. The van der Waals surface area contributed by atoms with Crippen LogP contribution in [0.4, 0.5) is 4.79 Å². The molecule has 2 aromatic rings. The number of hydrogen-bond donors (Lipinski definition) is 2. The van der Waals surface area contributed by atoms with Crippen LogP contribution in [-0.4, -0.2) is 44.4 Å². The second-order valence-corrected chi connectivity index (χ2v) is 7.42. The van der Waals surface area contributed by atoms with Gasteiger partial charge in [-0.2, -0.15) is 0 Å². The minimum atomic E-state index is -0.810. The molecule has 2 N–H and O–H groups in total. The summed E-state index contributed by atoms with van der Waals surface area (Å²) in [7, 11) is 1.85. The molecular formula is C20H23N5O3. The molecule has 4 rings (SSSR count). The Morgan fingerprint density at radius 3 is 2.61 bits per heavy atom. The summed E-state index contributed by atoms with van der Waals surface area (Å²) in [5.41, 5.74) is 0.0604. The molecule has 2 fully saturated rings. The molecule has 0 radical (unpaired) electrons. The normalized spacial score (nSPS) is 19.1. The van der Waals surface area contributed by atoms with E-state index < -0.39 is 23.5 Å². The van der Waals surface area contributed by atoms with Crippen LogP contribution < -0.4 is 10.6 Å². The Balaban J connectivity index is 1.52. The van der Waals surface area contributed by atoms with Gasteiger partial charge in [0.05, 0.1) is 0 Å². The molecule has 1 aliphatic heterocycles. The molecule has 8 nitrogen and oxygen atoms in total. The van der Waals surface area contributed by atoms with Crippen molar-refractivity contribution >= 4 is 17.8 Å². The average molecular weight is 381 g/mol. The first-order chi connectivity index (χ1) is 13.5. The highest BCUT2D eigenvalue weighted by Gasteiger charge is 2.52. The number of carbonyl (C=O) groups excluding carboxylic acids is 3. The second-order valence-electron chi connectivity index (χ2n) is 7.42. The van der Waals surface area contributed by atoms with Crippen LogP contribution in [0.1, 0.15) is 43.1 Å². The van der Waals surface area contributed by atoms with Crippen molar-refractivity contribution in [3.63, 3.8) is 0 Å². The molecule has 1 saturated heterocycles. The van der Waals surface area contributed by atoms with Crippen LogP contribution in [0.2, 0.25) is 0 Å². The van der Waals surface area contributed by atoms with Crippen molar-refractivity contribution in [2.75, 3.05) is 6.54 Å². The molecule has 1 aromatic carbocycles. The van der Waals surface area contributed by atoms with E-state index in [0.717, 1.165) is 23.3 Å². The van der Waals surface area contributed by atoms with E-state index in [1.165, 1.54) is 0 Å². The van der Waals surface area contributed by atoms with Crippen molar-refractivity contribution in [2.24, 2.45) is 7.05 Å². The molecule has 28 heavy (non-hydrogen) atoms. The van der Waals surface area contributed by atoms with Gasteiger partial charge in [0.1, 0.15) is 23.9 Å². The van der Waals surface area contributed by atoms with E-state index in [1.807, 2.05) is 41.9 Å². The number of amides is 4. The Labute approximate surface area is 162 Å². The smallest absolute Gasteiger partial charge is 0.325 e. The summed E-state index contributed by atoms with van der Waals surface area (Å²) in [6, 6.07) is 8.51. The summed E-state index contributed by atoms with van der Waals surface area (Å²) in [4.78, 5) is 43.2. The molecule has 8 heteroatoms. The van der Waals surface area contributed by atoms with Crippen molar-refractivity contribution in [1.82, 2.24) is 25.1 Å². The van der Waals surface area contributed by atoms with Crippen molar-refractivity contribution in [3.05, 3.63) is 54.1 Å². The third kappa shape index (κ3) is 3.15. The van der Waals surface area contributed by atoms with Gasteiger partial charge in [0.25, 0.3) is 5.91 Å². The van der Waals surface area contributed by atoms with Gasteiger partial charge in [-0.25, -0.2) is 9.78 Å². The minimum Gasteiger partial charge on any atom is -0.341 e. The SMILES string of the molecule is Cn1ccnc1C(NC(=O)CN1C(=O)NC2(CCCC2)C1=O)c1ccccc1. The van der Waals surface area contributed by atoms with E-state index in [4.69, 9.17) is 0 Å². The molecule has 0 bridgehead atoms. The fourth-order valence-corrected chi connectivity index (χ4v) is 4.09. The van der Waals surface area contributed by atoms with E-state index in [2.05, 4.69) is 15.6 Å². The van der Waals surface area contributed by atoms with Gasteiger partial charge >= 0.3 is 6.03 Å². The topological polar surface area (TPSA) is 96.3 Å². The number of nitrogens with one attached hydrogen (secondary N) is 2. The fraction of sp³-hybridized carbons (Fsp3) is 0.400. The molecule has 4 amide bonds. The van der Waals surface area contributed by atoms with Crippen LogP contribution in [0.25, 0.3) is 0 Å². The number of urea groups is 1. The Kier molecular flexibility index (Phi) is 4.62. The number of hydrogen-bond acceptors (Lipinski definition) is 4. The van der Waals surface area contributed by atoms with Crippen LogP contribution in [0.3, 0.4) is 0 Å². The minimum absolute atomic E-state index is 0.293. The molecule has 1 saturated carbocycles. The fourth-order valence-electron chi connectivity index (χ4n) is 4.09. The molecule has 2 aliphatic rings. The lowest BCUT2D eigenvalue weighted by Gasteiger charge is -2.22. The average Bonchev–Trinajstić information content (AvgIpc) is 3.38. The van der Waals surface area contributed by atoms with Crippen LogP contribution in [0.15, 0.2) is 42.7 Å². The first-order valence-electron chi connectivity index (χ1n) is 9.46. The van der Waals surface area contributed by atoms with Crippen molar-refractivity contribution in [1.29, 1.82) is 0 Å². The number of imidazole rings is 1. The standard InChI is InChI=1S/C20H23N5O3/c1-24-12-11-21-17(24)16(14-7-3-2-4-8-14)22-15(26)13-25-18(27)20(23-19(25)28)9-5-6-10-20/h2-4,7-8,11-12,16H,5-6,9-10,13H2,1H3,(H,22,26)(H,23,28). The van der Waals surface area contributed by atoms with E-state index in [1.54, 1.807) is 12.4 Å². The van der Waals surface area contributed by atoms with Gasteiger partial charge in [-0.1, -0.05) is 43.2 Å². The van der Waals surface area contributed by atoms with Crippen molar-refractivity contribution in [2.45, 2.75) is 37.3 Å². The summed E-state index contributed by atoms with van der Waals surface area (Å²) < 4.78 is 1.83. The second kappa shape index (κ2) is 7.10. The Hall–Kier alpha value is -3.16. The highest BCUT2D eigenvalue weighted by Crippen LogP contribution is 2.35. The van der Waals surface area contributed by atoms with Crippen LogP contribution in [0.5, 0.6) is 0 Å². The van der Waals surface area contributed by atoms with Crippen LogP contribution in [0, 0.1) is 0 Å². The third-order valence-electron chi connectivity index (χ3n) is 5.56. The predicted molar refractivity (Wildman–Crippen MR) is 101 cm³/mol. The maximum absolute atomic E-state index is 12.8. The van der Waals surface area contributed by atoms with Gasteiger partial charge in [-0.3, -0.25) is 14.5 Å². The highest BCUT2D eigenvalue weighted by atomic mass is 16.2. The van der Waals surface area contributed by atoms with E-state index in [9.17, 15) is 14.4 Å². The molecule has 1 atom stereocenters. The number of benzene rings is 1. The number of imide groups is 1. The molecule has 2 heterocycles. The number of rotatable bonds is 5. The zero-order chi connectivity index (χ0) is 19.7. The van der Waals surface area contributed by atoms with Gasteiger partial charge in [0.2, 0.25) is 5.91 Å². The van der Waals surface area contributed by atoms with Gasteiger partial charge in [0, 0.05) is 19.4 Å². The molecular weight excluding hydrogens is 358 g/mol. The molecule has 1 aromatic heterocycles. The monoisotopic (exact) mass is 381 g/mol. The first kappa shape index (κ1) is 18.2. The number of nitrogens with zero attached hydrogens (tertiary/aromatic N) is 3.